The van der Waals surface area contributed by atoms with Gasteiger partial charge in [-0.05, 0) is 37.3 Å². The molecule has 0 radical (unpaired) electrons. The average molecular weight is 300 g/mol. The van der Waals surface area contributed by atoms with E-state index in [9.17, 15) is 9.59 Å². The average Bonchev–Trinajstić information content (AvgIpc) is 3.34. The second kappa shape index (κ2) is 6.51. The first-order chi connectivity index (χ1) is 10.7. The summed E-state index contributed by atoms with van der Waals surface area (Å²) in [6, 6.07) is 8.11. The van der Waals surface area contributed by atoms with Crippen LogP contribution in [-0.2, 0) is 16.0 Å². The van der Waals surface area contributed by atoms with Crippen molar-refractivity contribution < 1.29 is 9.59 Å². The number of unbranched alkanes of at least 4 members (excludes halogenated alkanes) is 1. The standard InChI is InChI=1S/C18H24N2O2/c1-2-3-10-19-17(21)14-12-15(14)18(22)20-11-6-8-13-7-4-5-9-16(13)20/h4-5,7,9,14-15H,2-3,6,8,10-12H2,1H3,(H,19,21). The highest BCUT2D eigenvalue weighted by atomic mass is 16.2. The first kappa shape index (κ1) is 15.1. The van der Waals surface area contributed by atoms with Crippen LogP contribution in [0.15, 0.2) is 24.3 Å². The number of para-hydroxylation sites is 1. The second-order valence-electron chi connectivity index (χ2n) is 6.32. The third-order valence-electron chi connectivity index (χ3n) is 4.65. The maximum Gasteiger partial charge on any atom is 0.230 e. The number of amides is 2. The molecule has 2 aliphatic rings. The molecule has 1 aliphatic carbocycles. The van der Waals surface area contributed by atoms with Gasteiger partial charge in [0.25, 0.3) is 0 Å². The molecule has 0 spiro atoms. The fourth-order valence-corrected chi connectivity index (χ4v) is 3.24. The van der Waals surface area contributed by atoms with Gasteiger partial charge in [-0.1, -0.05) is 31.5 Å². The van der Waals surface area contributed by atoms with Gasteiger partial charge in [-0.25, -0.2) is 0 Å². The van der Waals surface area contributed by atoms with Crippen LogP contribution < -0.4 is 10.2 Å². The van der Waals surface area contributed by atoms with Crippen LogP contribution in [-0.4, -0.2) is 24.9 Å². The molecule has 2 unspecified atom stereocenters. The summed E-state index contributed by atoms with van der Waals surface area (Å²) in [5, 5.41) is 2.94. The number of fused-ring (bicyclic) bond motifs is 1. The summed E-state index contributed by atoms with van der Waals surface area (Å²) in [6.45, 7) is 3.60. The van der Waals surface area contributed by atoms with E-state index >= 15 is 0 Å². The maximum absolute atomic E-state index is 12.7. The lowest BCUT2D eigenvalue weighted by Gasteiger charge is -2.29. The predicted molar refractivity (Wildman–Crippen MR) is 86.6 cm³/mol. The molecule has 3 rings (SSSR count). The molecule has 0 bridgehead atoms. The topological polar surface area (TPSA) is 49.4 Å². The van der Waals surface area contributed by atoms with Crippen molar-refractivity contribution in [2.45, 2.75) is 39.0 Å². The van der Waals surface area contributed by atoms with Crippen molar-refractivity contribution in [1.29, 1.82) is 0 Å². The lowest BCUT2D eigenvalue weighted by atomic mass is 10.0. The Hall–Kier alpha value is -1.84. The van der Waals surface area contributed by atoms with Crippen LogP contribution in [0.5, 0.6) is 0 Å². The van der Waals surface area contributed by atoms with Crippen LogP contribution in [0.25, 0.3) is 0 Å². The third-order valence-corrected chi connectivity index (χ3v) is 4.65. The number of aryl methyl sites for hydroxylation is 1. The van der Waals surface area contributed by atoms with Crippen molar-refractivity contribution in [3.05, 3.63) is 29.8 Å². The summed E-state index contributed by atoms with van der Waals surface area (Å²) in [7, 11) is 0. The van der Waals surface area contributed by atoms with Gasteiger partial charge in [0.1, 0.15) is 0 Å². The van der Waals surface area contributed by atoms with Gasteiger partial charge in [0.2, 0.25) is 11.8 Å². The molecule has 4 nitrogen and oxygen atoms in total. The van der Waals surface area contributed by atoms with E-state index in [2.05, 4.69) is 18.3 Å². The molecule has 1 N–H and O–H groups in total. The minimum atomic E-state index is -0.118. The highest BCUT2D eigenvalue weighted by molar-refractivity contribution is 6.01. The summed E-state index contributed by atoms with van der Waals surface area (Å²) in [5.74, 6) is -0.0499. The zero-order valence-corrected chi connectivity index (χ0v) is 13.2. The van der Waals surface area contributed by atoms with Gasteiger partial charge < -0.3 is 10.2 Å². The van der Waals surface area contributed by atoms with E-state index in [0.29, 0.717) is 6.42 Å². The van der Waals surface area contributed by atoms with E-state index in [-0.39, 0.29) is 23.7 Å². The molecule has 1 fully saturated rings. The third kappa shape index (κ3) is 3.01. The summed E-state index contributed by atoms with van der Waals surface area (Å²) in [4.78, 5) is 26.6. The molecule has 2 amide bonds. The fraction of sp³-hybridized carbons (Fsp3) is 0.556. The summed E-state index contributed by atoms with van der Waals surface area (Å²) in [5.41, 5.74) is 2.28. The van der Waals surface area contributed by atoms with E-state index in [4.69, 9.17) is 0 Å². The number of nitrogens with one attached hydrogen (secondary N) is 1. The Bertz CT molecular complexity index is 570. The lowest BCUT2D eigenvalue weighted by Crippen LogP contribution is -2.38. The number of carbonyl (C=O) groups excluding carboxylic acids is 2. The quantitative estimate of drug-likeness (QED) is 0.850. The molecule has 1 saturated carbocycles. The summed E-state index contributed by atoms with van der Waals surface area (Å²) >= 11 is 0. The lowest BCUT2D eigenvalue weighted by molar-refractivity contribution is -0.126. The van der Waals surface area contributed by atoms with Crippen LogP contribution in [0.2, 0.25) is 0 Å². The molecule has 2 atom stereocenters. The number of benzene rings is 1. The zero-order chi connectivity index (χ0) is 15.5. The molecule has 118 valence electrons. The number of anilines is 1. The number of carbonyl (C=O) groups is 2. The molecule has 1 aliphatic heterocycles. The van der Waals surface area contributed by atoms with Crippen LogP contribution in [0, 0.1) is 11.8 Å². The van der Waals surface area contributed by atoms with Crippen molar-refractivity contribution in [3.63, 3.8) is 0 Å². The van der Waals surface area contributed by atoms with Crippen molar-refractivity contribution >= 4 is 17.5 Å². The fourth-order valence-electron chi connectivity index (χ4n) is 3.24. The Morgan fingerprint density at radius 3 is 2.91 bits per heavy atom. The molecule has 22 heavy (non-hydrogen) atoms. The normalized spacial score (nSPS) is 22.9. The Balaban J connectivity index is 1.61. The zero-order valence-electron chi connectivity index (χ0n) is 13.2. The van der Waals surface area contributed by atoms with Crippen molar-refractivity contribution in [3.8, 4) is 0 Å². The van der Waals surface area contributed by atoms with Crippen LogP contribution in [0.3, 0.4) is 0 Å². The Kier molecular flexibility index (Phi) is 4.46. The van der Waals surface area contributed by atoms with Gasteiger partial charge in [-0.15, -0.1) is 0 Å². The van der Waals surface area contributed by atoms with Crippen LogP contribution >= 0.6 is 0 Å². The predicted octanol–water partition coefficient (Wildman–Crippen LogP) is 2.52. The number of hydrogen-bond acceptors (Lipinski definition) is 2. The van der Waals surface area contributed by atoms with Crippen molar-refractivity contribution in [1.82, 2.24) is 5.32 Å². The molecular weight excluding hydrogens is 276 g/mol. The second-order valence-corrected chi connectivity index (χ2v) is 6.32. The highest BCUT2D eigenvalue weighted by Crippen LogP contribution is 2.42. The first-order valence-electron chi connectivity index (χ1n) is 8.39. The number of hydrogen-bond donors (Lipinski definition) is 1. The summed E-state index contributed by atoms with van der Waals surface area (Å²) < 4.78 is 0. The molecule has 1 heterocycles. The first-order valence-corrected chi connectivity index (χ1v) is 8.39. The van der Waals surface area contributed by atoms with E-state index in [1.807, 2.05) is 23.1 Å². The molecule has 0 saturated heterocycles. The van der Waals surface area contributed by atoms with Crippen molar-refractivity contribution in [2.24, 2.45) is 11.8 Å². The largest absolute Gasteiger partial charge is 0.356 e. The minimum absolute atomic E-state index is 0.0529. The molecule has 1 aromatic carbocycles. The van der Waals surface area contributed by atoms with Gasteiger partial charge >= 0.3 is 0 Å². The van der Waals surface area contributed by atoms with E-state index in [1.165, 1.54) is 5.56 Å². The smallest absolute Gasteiger partial charge is 0.230 e. The number of nitrogens with zero attached hydrogens (tertiary/aromatic N) is 1. The van der Waals surface area contributed by atoms with E-state index < -0.39 is 0 Å². The SMILES string of the molecule is CCCCNC(=O)C1CC1C(=O)N1CCCc2ccccc21. The molecular formula is C18H24N2O2. The van der Waals surface area contributed by atoms with E-state index in [1.54, 1.807) is 0 Å². The molecule has 4 heteroatoms. The Morgan fingerprint density at radius 2 is 2.09 bits per heavy atom. The van der Waals surface area contributed by atoms with Crippen LogP contribution in [0.4, 0.5) is 5.69 Å². The summed E-state index contributed by atoms with van der Waals surface area (Å²) in [6.07, 6.45) is 4.80. The maximum atomic E-state index is 12.7. The van der Waals surface area contributed by atoms with Gasteiger partial charge in [-0.3, -0.25) is 9.59 Å². The highest BCUT2D eigenvalue weighted by Gasteiger charge is 2.49. The Labute approximate surface area is 131 Å². The minimum Gasteiger partial charge on any atom is -0.356 e. The van der Waals surface area contributed by atoms with Gasteiger partial charge in [0.15, 0.2) is 0 Å². The molecule has 0 aromatic heterocycles. The molecule has 1 aromatic rings. The Morgan fingerprint density at radius 1 is 1.27 bits per heavy atom. The van der Waals surface area contributed by atoms with Crippen molar-refractivity contribution in [2.75, 3.05) is 18.0 Å². The van der Waals surface area contributed by atoms with Gasteiger partial charge in [0.05, 0.1) is 11.8 Å². The monoisotopic (exact) mass is 300 g/mol. The van der Waals surface area contributed by atoms with Crippen LogP contribution in [0.1, 0.15) is 38.2 Å². The van der Waals surface area contributed by atoms with Gasteiger partial charge in [0, 0.05) is 18.8 Å². The van der Waals surface area contributed by atoms with E-state index in [0.717, 1.165) is 44.5 Å². The van der Waals surface area contributed by atoms with Gasteiger partial charge in [-0.2, -0.15) is 0 Å². The number of rotatable bonds is 5.